The summed E-state index contributed by atoms with van der Waals surface area (Å²) in [4.78, 5) is 0. The number of fused-ring (bicyclic) bond motifs is 5. The van der Waals surface area contributed by atoms with Gasteiger partial charge in [-0.1, -0.05) is 74.0 Å². The van der Waals surface area contributed by atoms with E-state index in [2.05, 4.69) is 75.3 Å². The van der Waals surface area contributed by atoms with Crippen molar-refractivity contribution in [3.05, 3.63) is 11.6 Å². The molecule has 4 aliphatic carbocycles. The monoisotopic (exact) mass is 531 g/mol. The van der Waals surface area contributed by atoms with Crippen LogP contribution in [0.25, 0.3) is 0 Å². The zero-order valence-corrected chi connectivity index (χ0v) is 27.2. The molecule has 0 unspecified atom stereocenters. The molecule has 0 spiro atoms. The van der Waals surface area contributed by atoms with E-state index in [9.17, 15) is 5.11 Å². The minimum absolute atomic E-state index is 0.0524. The molecule has 38 heavy (non-hydrogen) atoms. The first kappa shape index (κ1) is 32.2. The lowest BCUT2D eigenvalue weighted by Gasteiger charge is -2.62. The fraction of sp³-hybridized carbons (Fsp3) is 0.944. The number of hydrogen-bond donors (Lipinski definition) is 1. The quantitative estimate of drug-likeness (QED) is 0.250. The number of rotatable bonds is 8. The lowest BCUT2D eigenvalue weighted by atomic mass is 9.43. The van der Waals surface area contributed by atoms with Crippen LogP contribution in [0.15, 0.2) is 11.6 Å². The Morgan fingerprint density at radius 2 is 1.42 bits per heavy atom. The van der Waals surface area contributed by atoms with Crippen molar-refractivity contribution in [2.24, 2.45) is 64.1 Å². The van der Waals surface area contributed by atoms with E-state index in [0.717, 1.165) is 68.0 Å². The maximum atomic E-state index is 10.6. The third-order valence-electron chi connectivity index (χ3n) is 12.8. The number of hydrogen-bond acceptors (Lipinski definition) is 2. The molecule has 4 aliphatic rings. The molecule has 0 aromatic rings. The Hall–Kier alpha value is -0.340. The SMILES string of the molecule is C/C(=C\[C@@H](C)[C@H]1CC[C@H]2[C@@H]3CC[C@H]4[C@H](C)[C@@H](O)CC[C@]4(C)[C@H]3CC[C@]12C)[C@H](C)C(C)C.CCCOCCC. The smallest absolute Gasteiger partial charge is 0.0568 e. The van der Waals surface area contributed by atoms with Crippen LogP contribution in [0, 0.1) is 64.1 Å². The van der Waals surface area contributed by atoms with E-state index in [4.69, 9.17) is 4.74 Å². The summed E-state index contributed by atoms with van der Waals surface area (Å²) in [5.74, 6) is 7.05. The molecule has 4 rings (SSSR count). The molecule has 222 valence electrons. The summed E-state index contributed by atoms with van der Waals surface area (Å²) >= 11 is 0. The second-order valence-corrected chi connectivity index (χ2v) is 15.2. The highest BCUT2D eigenvalue weighted by molar-refractivity contribution is 5.13. The Kier molecular flexibility index (Phi) is 11.5. The van der Waals surface area contributed by atoms with E-state index >= 15 is 0 Å². The molecule has 0 saturated heterocycles. The summed E-state index contributed by atoms with van der Waals surface area (Å²) in [5, 5.41) is 10.6. The maximum absolute atomic E-state index is 10.6. The van der Waals surface area contributed by atoms with Crippen molar-refractivity contribution in [3.8, 4) is 0 Å². The molecule has 0 aliphatic heterocycles. The van der Waals surface area contributed by atoms with E-state index < -0.39 is 0 Å². The van der Waals surface area contributed by atoms with Crippen molar-refractivity contribution in [3.63, 3.8) is 0 Å². The minimum Gasteiger partial charge on any atom is -0.393 e. The topological polar surface area (TPSA) is 29.5 Å². The second kappa shape index (κ2) is 13.5. The molecule has 1 N–H and O–H groups in total. The lowest BCUT2D eigenvalue weighted by Crippen LogP contribution is -2.56. The standard InChI is InChI=1S/C30H52O.C6H14O/c1-18(2)21(5)19(3)17-20(4)24-11-12-26-23-9-10-25-22(6)28(31)14-16-30(25,8)27(23)13-15-29(24,26)7;1-3-5-7-6-4-2/h17-18,20-28,31H,9-16H2,1-8H3;3-6H2,1-2H3/b19-17+;/t20-,21-,22+,23+,24-,25+,26+,27+,28+,29-,30+;/m1./s1. The first-order chi connectivity index (χ1) is 17.9. The van der Waals surface area contributed by atoms with Gasteiger partial charge in [0.1, 0.15) is 0 Å². The van der Waals surface area contributed by atoms with Crippen molar-refractivity contribution in [2.45, 2.75) is 140 Å². The average Bonchev–Trinajstić information content (AvgIpc) is 3.24. The molecule has 11 atom stereocenters. The van der Waals surface area contributed by atoms with Gasteiger partial charge in [0.2, 0.25) is 0 Å². The molecule has 4 saturated carbocycles. The summed E-state index contributed by atoms with van der Waals surface area (Å²) < 4.78 is 5.13. The summed E-state index contributed by atoms with van der Waals surface area (Å²) in [6, 6.07) is 0. The number of ether oxygens (including phenoxy) is 1. The van der Waals surface area contributed by atoms with Gasteiger partial charge in [0.25, 0.3) is 0 Å². The fourth-order valence-electron chi connectivity index (χ4n) is 10.2. The zero-order valence-electron chi connectivity index (χ0n) is 27.2. The van der Waals surface area contributed by atoms with Gasteiger partial charge in [-0.2, -0.15) is 0 Å². The van der Waals surface area contributed by atoms with Crippen molar-refractivity contribution >= 4 is 0 Å². The van der Waals surface area contributed by atoms with Crippen molar-refractivity contribution in [1.82, 2.24) is 0 Å². The van der Waals surface area contributed by atoms with E-state index in [1.165, 1.54) is 44.9 Å². The Labute approximate surface area is 238 Å². The van der Waals surface area contributed by atoms with Gasteiger partial charge in [0, 0.05) is 13.2 Å². The molecule has 0 heterocycles. The molecular formula is C36H66O2. The molecule has 0 aromatic carbocycles. The Balaban J connectivity index is 0.000000505. The summed E-state index contributed by atoms with van der Waals surface area (Å²) in [5.41, 5.74) is 2.64. The molecule has 2 heteroatoms. The molecule has 0 radical (unpaired) electrons. The molecule has 0 amide bonds. The van der Waals surface area contributed by atoms with Crippen molar-refractivity contribution in [2.75, 3.05) is 13.2 Å². The van der Waals surface area contributed by atoms with E-state index in [-0.39, 0.29) is 6.10 Å². The summed E-state index contributed by atoms with van der Waals surface area (Å²) in [6.07, 6.45) is 15.8. The van der Waals surface area contributed by atoms with Crippen LogP contribution in [-0.2, 0) is 4.74 Å². The Morgan fingerprint density at radius 3 is 2.03 bits per heavy atom. The predicted octanol–water partition coefficient (Wildman–Crippen LogP) is 9.95. The molecule has 0 aromatic heterocycles. The number of aliphatic hydroxyl groups excluding tert-OH is 1. The third-order valence-corrected chi connectivity index (χ3v) is 12.8. The van der Waals surface area contributed by atoms with Gasteiger partial charge >= 0.3 is 0 Å². The van der Waals surface area contributed by atoms with Crippen LogP contribution < -0.4 is 0 Å². The fourth-order valence-corrected chi connectivity index (χ4v) is 10.2. The highest BCUT2D eigenvalue weighted by Crippen LogP contribution is 2.68. The van der Waals surface area contributed by atoms with E-state index in [0.29, 0.717) is 28.6 Å². The predicted molar refractivity (Wildman–Crippen MR) is 164 cm³/mol. The van der Waals surface area contributed by atoms with Gasteiger partial charge in [-0.3, -0.25) is 0 Å². The average molecular weight is 531 g/mol. The lowest BCUT2D eigenvalue weighted by molar-refractivity contribution is -0.148. The van der Waals surface area contributed by atoms with Crippen LogP contribution in [0.5, 0.6) is 0 Å². The van der Waals surface area contributed by atoms with Crippen LogP contribution in [0.3, 0.4) is 0 Å². The Bertz CT molecular complexity index is 752. The van der Waals surface area contributed by atoms with Gasteiger partial charge < -0.3 is 9.84 Å². The number of allylic oxidation sites excluding steroid dienone is 2. The van der Waals surface area contributed by atoms with Gasteiger partial charge in [-0.25, -0.2) is 0 Å². The van der Waals surface area contributed by atoms with E-state index in [1.54, 1.807) is 5.57 Å². The third kappa shape index (κ3) is 6.42. The Morgan fingerprint density at radius 1 is 0.842 bits per heavy atom. The summed E-state index contributed by atoms with van der Waals surface area (Å²) in [6.45, 7) is 25.8. The highest BCUT2D eigenvalue weighted by atomic mass is 16.5. The van der Waals surface area contributed by atoms with Crippen LogP contribution in [0.4, 0.5) is 0 Å². The summed E-state index contributed by atoms with van der Waals surface area (Å²) in [7, 11) is 0. The maximum Gasteiger partial charge on any atom is 0.0568 e. The van der Waals surface area contributed by atoms with Gasteiger partial charge in [-0.05, 0) is 135 Å². The van der Waals surface area contributed by atoms with Gasteiger partial charge in [0.15, 0.2) is 0 Å². The van der Waals surface area contributed by atoms with Crippen LogP contribution in [0.2, 0.25) is 0 Å². The molecule has 4 fully saturated rings. The van der Waals surface area contributed by atoms with E-state index in [1.807, 2.05) is 0 Å². The first-order valence-corrected chi connectivity index (χ1v) is 16.9. The zero-order chi connectivity index (χ0) is 28.3. The molecule has 2 nitrogen and oxygen atoms in total. The largest absolute Gasteiger partial charge is 0.393 e. The molecular weight excluding hydrogens is 464 g/mol. The minimum atomic E-state index is -0.0524. The normalized spacial score (nSPS) is 42.4. The second-order valence-electron chi connectivity index (χ2n) is 15.2. The van der Waals surface area contributed by atoms with Crippen molar-refractivity contribution in [1.29, 1.82) is 0 Å². The van der Waals surface area contributed by atoms with Gasteiger partial charge in [0.05, 0.1) is 6.10 Å². The van der Waals surface area contributed by atoms with Crippen LogP contribution >= 0.6 is 0 Å². The van der Waals surface area contributed by atoms with Gasteiger partial charge in [-0.15, -0.1) is 0 Å². The van der Waals surface area contributed by atoms with Crippen LogP contribution in [-0.4, -0.2) is 24.4 Å². The molecule has 0 bridgehead atoms. The number of aliphatic hydroxyl groups is 1. The first-order valence-electron chi connectivity index (χ1n) is 16.9. The van der Waals surface area contributed by atoms with Crippen LogP contribution in [0.1, 0.15) is 133 Å². The van der Waals surface area contributed by atoms with Crippen molar-refractivity contribution < 1.29 is 9.84 Å². The highest BCUT2D eigenvalue weighted by Gasteiger charge is 2.61.